The molecule has 0 spiro atoms. The molecule has 32 heavy (non-hydrogen) atoms. The Labute approximate surface area is 195 Å². The number of halogens is 1. The number of carbonyl (C=O) groups excluding carboxylic acids is 2. The predicted molar refractivity (Wildman–Crippen MR) is 124 cm³/mol. The number of hydrogen-bond donors (Lipinski definition) is 1. The summed E-state index contributed by atoms with van der Waals surface area (Å²) < 4.78 is 17.0. The summed E-state index contributed by atoms with van der Waals surface area (Å²) in [5.74, 6) is -0.628. The zero-order valence-electron chi connectivity index (χ0n) is 18.4. The van der Waals surface area contributed by atoms with E-state index in [2.05, 4.69) is 15.9 Å². The van der Waals surface area contributed by atoms with Gasteiger partial charge in [-0.25, -0.2) is 0 Å². The van der Waals surface area contributed by atoms with Gasteiger partial charge in [-0.05, 0) is 54.0 Å². The molecule has 1 heterocycles. The van der Waals surface area contributed by atoms with Crippen molar-refractivity contribution in [3.8, 4) is 11.5 Å². The molecule has 1 saturated heterocycles. The summed E-state index contributed by atoms with van der Waals surface area (Å²) >= 11 is 3.40. The third-order valence-corrected chi connectivity index (χ3v) is 5.80. The monoisotopic (exact) mass is 503 g/mol. The molecule has 8 heteroatoms. The van der Waals surface area contributed by atoms with Crippen LogP contribution in [-0.4, -0.2) is 55.2 Å². The van der Waals surface area contributed by atoms with E-state index in [0.29, 0.717) is 27.1 Å². The number of amides is 1. The second-order valence-electron chi connectivity index (χ2n) is 7.50. The lowest BCUT2D eigenvalue weighted by atomic mass is 9.94. The van der Waals surface area contributed by atoms with Crippen LogP contribution in [0.25, 0.3) is 5.76 Å². The smallest absolute Gasteiger partial charge is 0.295 e. The van der Waals surface area contributed by atoms with E-state index in [0.717, 1.165) is 0 Å². The first-order chi connectivity index (χ1) is 15.3. The van der Waals surface area contributed by atoms with Crippen molar-refractivity contribution >= 4 is 33.4 Å². The van der Waals surface area contributed by atoms with Gasteiger partial charge in [-0.1, -0.05) is 18.2 Å². The molecule has 1 fully saturated rings. The molecule has 1 atom stereocenters. The van der Waals surface area contributed by atoms with Gasteiger partial charge in [0.1, 0.15) is 17.3 Å². The topological polar surface area (TPSA) is 85.3 Å². The summed E-state index contributed by atoms with van der Waals surface area (Å²) in [6.07, 6.45) is -0.0202. The third kappa shape index (κ3) is 4.66. The van der Waals surface area contributed by atoms with Gasteiger partial charge in [0.15, 0.2) is 0 Å². The minimum absolute atomic E-state index is 0.00103. The molecule has 1 aliphatic rings. The summed E-state index contributed by atoms with van der Waals surface area (Å²) in [5, 5.41) is 11.2. The van der Waals surface area contributed by atoms with Gasteiger partial charge >= 0.3 is 0 Å². The van der Waals surface area contributed by atoms with Gasteiger partial charge in [0.25, 0.3) is 11.7 Å². The number of hydrogen-bond acceptors (Lipinski definition) is 6. The molecular formula is C24H26BrNO6. The Morgan fingerprint density at radius 2 is 1.78 bits per heavy atom. The quantitative estimate of drug-likeness (QED) is 0.328. The highest BCUT2D eigenvalue weighted by molar-refractivity contribution is 9.10. The number of para-hydroxylation sites is 1. The maximum atomic E-state index is 13.1. The highest BCUT2D eigenvalue weighted by Gasteiger charge is 2.46. The highest BCUT2D eigenvalue weighted by atomic mass is 79.9. The molecule has 1 amide bonds. The van der Waals surface area contributed by atoms with Crippen LogP contribution in [-0.2, 0) is 14.3 Å². The Balaban J connectivity index is 2.15. The maximum Gasteiger partial charge on any atom is 0.295 e. The van der Waals surface area contributed by atoms with Crippen LogP contribution in [0.3, 0.4) is 0 Å². The number of carbonyl (C=O) groups is 2. The van der Waals surface area contributed by atoms with Crippen molar-refractivity contribution in [1.82, 2.24) is 4.90 Å². The standard InChI is InChI=1S/C24H26BrNO6/c1-14(2)32-12-11-26-21(16-7-5-6-8-18(16)30-3)20(23(28)24(26)29)22(27)15-9-10-19(31-4)17(25)13-15/h5-10,13-14,21,27H,11-12H2,1-4H3/b22-20+. The third-order valence-electron chi connectivity index (χ3n) is 5.18. The van der Waals surface area contributed by atoms with Crippen LogP contribution in [0.2, 0.25) is 0 Å². The minimum Gasteiger partial charge on any atom is -0.507 e. The second kappa shape index (κ2) is 10.2. The molecule has 2 aromatic rings. The number of benzene rings is 2. The number of aliphatic hydroxyl groups excluding tert-OH is 1. The molecule has 0 saturated carbocycles. The summed E-state index contributed by atoms with van der Waals surface area (Å²) in [4.78, 5) is 27.5. The molecule has 1 unspecified atom stereocenters. The summed E-state index contributed by atoms with van der Waals surface area (Å²) in [6, 6.07) is 11.3. The zero-order chi connectivity index (χ0) is 23.4. The fourth-order valence-corrected chi connectivity index (χ4v) is 4.22. The fourth-order valence-electron chi connectivity index (χ4n) is 3.68. The zero-order valence-corrected chi connectivity index (χ0v) is 20.0. The molecular weight excluding hydrogens is 478 g/mol. The molecule has 7 nitrogen and oxygen atoms in total. The van der Waals surface area contributed by atoms with E-state index >= 15 is 0 Å². The van der Waals surface area contributed by atoms with Gasteiger partial charge in [-0.15, -0.1) is 0 Å². The molecule has 0 aliphatic carbocycles. The van der Waals surface area contributed by atoms with E-state index < -0.39 is 17.7 Å². The molecule has 2 aromatic carbocycles. The highest BCUT2D eigenvalue weighted by Crippen LogP contribution is 2.43. The number of ether oxygens (including phenoxy) is 3. The van der Waals surface area contributed by atoms with E-state index in [1.165, 1.54) is 19.1 Å². The van der Waals surface area contributed by atoms with Crippen LogP contribution in [0.4, 0.5) is 0 Å². The first-order valence-electron chi connectivity index (χ1n) is 10.2. The van der Waals surface area contributed by atoms with Crippen LogP contribution in [0.5, 0.6) is 11.5 Å². The lowest BCUT2D eigenvalue weighted by Gasteiger charge is -2.26. The van der Waals surface area contributed by atoms with Crippen molar-refractivity contribution in [1.29, 1.82) is 0 Å². The summed E-state index contributed by atoms with van der Waals surface area (Å²) in [5.41, 5.74) is 0.989. The lowest BCUT2D eigenvalue weighted by Crippen LogP contribution is -2.33. The van der Waals surface area contributed by atoms with Crippen molar-refractivity contribution in [3.63, 3.8) is 0 Å². The first kappa shape index (κ1) is 23.8. The fraction of sp³-hybridized carbons (Fsp3) is 0.333. The van der Waals surface area contributed by atoms with E-state index in [9.17, 15) is 14.7 Å². The number of methoxy groups -OCH3 is 2. The average molecular weight is 504 g/mol. The van der Waals surface area contributed by atoms with Gasteiger partial charge in [0, 0.05) is 17.7 Å². The van der Waals surface area contributed by atoms with Crippen molar-refractivity contribution < 1.29 is 28.9 Å². The molecule has 0 aromatic heterocycles. The Bertz CT molecular complexity index is 1050. The number of aliphatic hydroxyl groups is 1. The van der Waals surface area contributed by atoms with Gasteiger partial charge in [-0.3, -0.25) is 9.59 Å². The van der Waals surface area contributed by atoms with Crippen molar-refractivity contribution in [2.75, 3.05) is 27.4 Å². The van der Waals surface area contributed by atoms with E-state index in [1.54, 1.807) is 42.5 Å². The normalized spacial score (nSPS) is 17.8. The van der Waals surface area contributed by atoms with Crippen LogP contribution in [0.1, 0.15) is 31.0 Å². The lowest BCUT2D eigenvalue weighted by molar-refractivity contribution is -0.140. The average Bonchev–Trinajstić information content (AvgIpc) is 3.03. The van der Waals surface area contributed by atoms with Crippen LogP contribution < -0.4 is 9.47 Å². The van der Waals surface area contributed by atoms with E-state index in [-0.39, 0.29) is 30.6 Å². The Kier molecular flexibility index (Phi) is 7.58. The van der Waals surface area contributed by atoms with Crippen molar-refractivity contribution in [2.45, 2.75) is 26.0 Å². The molecule has 3 rings (SSSR count). The van der Waals surface area contributed by atoms with Crippen LogP contribution in [0, 0.1) is 0 Å². The number of Topliss-reactive ketones (excluding diaryl/α,β-unsaturated/α-hetero) is 1. The number of ketones is 1. The van der Waals surface area contributed by atoms with Gasteiger partial charge in [-0.2, -0.15) is 0 Å². The molecule has 1 aliphatic heterocycles. The van der Waals surface area contributed by atoms with Crippen molar-refractivity contribution in [2.24, 2.45) is 0 Å². The van der Waals surface area contributed by atoms with E-state index in [1.807, 2.05) is 13.8 Å². The summed E-state index contributed by atoms with van der Waals surface area (Å²) in [6.45, 7) is 4.24. The number of nitrogens with zero attached hydrogens (tertiary/aromatic N) is 1. The Morgan fingerprint density at radius 3 is 2.41 bits per heavy atom. The Morgan fingerprint density at radius 1 is 1.09 bits per heavy atom. The molecule has 1 N–H and O–H groups in total. The minimum atomic E-state index is -0.817. The van der Waals surface area contributed by atoms with Crippen LogP contribution in [0.15, 0.2) is 52.5 Å². The number of likely N-dealkylation sites (tertiary alicyclic amines) is 1. The van der Waals surface area contributed by atoms with Crippen molar-refractivity contribution in [3.05, 3.63) is 63.6 Å². The first-order valence-corrected chi connectivity index (χ1v) is 11.0. The van der Waals surface area contributed by atoms with E-state index in [4.69, 9.17) is 14.2 Å². The van der Waals surface area contributed by atoms with Gasteiger partial charge in [0.05, 0.1) is 43.0 Å². The second-order valence-corrected chi connectivity index (χ2v) is 8.36. The van der Waals surface area contributed by atoms with Crippen LogP contribution >= 0.6 is 15.9 Å². The number of rotatable bonds is 8. The molecule has 0 bridgehead atoms. The predicted octanol–water partition coefficient (Wildman–Crippen LogP) is 4.31. The molecule has 170 valence electrons. The van der Waals surface area contributed by atoms with Gasteiger partial charge < -0.3 is 24.2 Å². The Hall–Kier alpha value is -2.84. The maximum absolute atomic E-state index is 13.1. The van der Waals surface area contributed by atoms with Gasteiger partial charge in [0.2, 0.25) is 0 Å². The SMILES string of the molecule is COc1ccc(/C(O)=C2\C(=O)C(=O)N(CCOC(C)C)C2c2ccccc2OC)cc1Br. The summed E-state index contributed by atoms with van der Waals surface area (Å²) in [7, 11) is 3.06. The molecule has 0 radical (unpaired) electrons. The largest absolute Gasteiger partial charge is 0.507 e.